The quantitative estimate of drug-likeness (QED) is 0.432. The van der Waals surface area contributed by atoms with E-state index < -0.39 is 6.04 Å². The molecule has 2 N–H and O–H groups in total. The molecule has 2 aromatic carbocycles. The maximum Gasteiger partial charge on any atom is 0.251 e. The first kappa shape index (κ1) is 29.9. The lowest BCUT2D eigenvalue weighted by Crippen LogP contribution is -2.47. The van der Waals surface area contributed by atoms with E-state index >= 15 is 0 Å². The second-order valence-corrected chi connectivity index (χ2v) is 8.27. The lowest BCUT2D eigenvalue weighted by molar-refractivity contribution is -0.122. The molecule has 0 aromatic heterocycles. The molecule has 2 rings (SSSR count). The molecule has 190 valence electrons. The van der Waals surface area contributed by atoms with Crippen LogP contribution in [0, 0.1) is 0 Å². The average molecular weight is 500 g/mol. The second-order valence-electron chi connectivity index (χ2n) is 7.86. The molecule has 0 radical (unpaired) electrons. The van der Waals surface area contributed by atoms with Gasteiger partial charge in [-0.3, -0.25) is 14.6 Å². The first-order valence-electron chi connectivity index (χ1n) is 11.9. The zero-order chi connectivity index (χ0) is 26.5. The van der Waals surface area contributed by atoms with E-state index in [1.165, 1.54) is 0 Å². The molecule has 0 saturated carbocycles. The van der Waals surface area contributed by atoms with Crippen LogP contribution in [0.4, 0.5) is 0 Å². The van der Waals surface area contributed by atoms with Gasteiger partial charge in [-0.05, 0) is 62.6 Å². The number of nitrogens with zero attached hydrogens (tertiary/aromatic N) is 1. The van der Waals surface area contributed by atoms with Crippen molar-refractivity contribution in [3.8, 4) is 5.75 Å². The largest absolute Gasteiger partial charge is 0.489 e. The summed E-state index contributed by atoms with van der Waals surface area (Å²) in [7, 11) is 3.31. The molecule has 0 fully saturated rings. The number of likely N-dealkylation sites (N-methyl/N-ethyl adjacent to an activating group) is 1. The Morgan fingerprint density at radius 1 is 1.09 bits per heavy atom. The monoisotopic (exact) mass is 499 g/mol. The van der Waals surface area contributed by atoms with E-state index in [9.17, 15) is 9.59 Å². The minimum Gasteiger partial charge on any atom is -0.489 e. The maximum atomic E-state index is 12.8. The lowest BCUT2D eigenvalue weighted by Gasteiger charge is -2.18. The average Bonchev–Trinajstić information content (AvgIpc) is 2.86. The van der Waals surface area contributed by atoms with Crippen molar-refractivity contribution in [2.45, 2.75) is 60.1 Å². The molecule has 1 unspecified atom stereocenters. The van der Waals surface area contributed by atoms with Crippen LogP contribution in [0.5, 0.6) is 5.75 Å². The number of amides is 2. The summed E-state index contributed by atoms with van der Waals surface area (Å²) in [6.45, 7) is 11.7. The lowest BCUT2D eigenvalue weighted by atomic mass is 9.98. The van der Waals surface area contributed by atoms with Crippen molar-refractivity contribution in [1.29, 1.82) is 0 Å². The van der Waals surface area contributed by atoms with E-state index in [4.69, 9.17) is 16.3 Å². The van der Waals surface area contributed by atoms with Crippen LogP contribution in [-0.4, -0.2) is 43.8 Å². The second kappa shape index (κ2) is 15.0. The highest BCUT2D eigenvalue weighted by molar-refractivity contribution is 6.32. The van der Waals surface area contributed by atoms with Gasteiger partial charge in [0.15, 0.2) is 0 Å². The Hall–Kier alpha value is -3.12. The molecule has 6 nitrogen and oxygen atoms in total. The molecule has 1 atom stereocenters. The summed E-state index contributed by atoms with van der Waals surface area (Å²) < 4.78 is 5.61. The van der Waals surface area contributed by atoms with Gasteiger partial charge in [-0.1, -0.05) is 55.8 Å². The van der Waals surface area contributed by atoms with Crippen LogP contribution in [0.25, 0.3) is 5.57 Å². The van der Waals surface area contributed by atoms with E-state index in [2.05, 4.69) is 15.6 Å². The van der Waals surface area contributed by atoms with Crippen molar-refractivity contribution in [3.05, 3.63) is 70.3 Å². The van der Waals surface area contributed by atoms with Crippen LogP contribution in [0.2, 0.25) is 5.02 Å². The zero-order valence-electron chi connectivity index (χ0n) is 22.0. The highest BCUT2D eigenvalue weighted by atomic mass is 35.5. The number of ether oxygens (including phenoxy) is 1. The third kappa shape index (κ3) is 8.87. The molecule has 7 heteroatoms. The number of allylic oxidation sites excluding steroid dienone is 2. The predicted molar refractivity (Wildman–Crippen MR) is 147 cm³/mol. The fourth-order valence-electron chi connectivity index (χ4n) is 3.38. The Bertz CT molecular complexity index is 1040. The fourth-order valence-corrected chi connectivity index (χ4v) is 3.60. The van der Waals surface area contributed by atoms with Crippen molar-refractivity contribution >= 4 is 34.7 Å². The Kier molecular flexibility index (Phi) is 12.8. The van der Waals surface area contributed by atoms with Gasteiger partial charge in [-0.15, -0.1) is 0 Å². The number of benzene rings is 2. The Morgan fingerprint density at radius 3 is 2.17 bits per heavy atom. The number of nitrogens with one attached hydrogen (secondary N) is 2. The summed E-state index contributed by atoms with van der Waals surface area (Å²) in [4.78, 5) is 29.6. The molecule has 2 amide bonds. The van der Waals surface area contributed by atoms with Crippen molar-refractivity contribution in [2.24, 2.45) is 4.99 Å². The normalized spacial score (nSPS) is 12.4. The number of hydrogen-bond acceptors (Lipinski definition) is 4. The third-order valence-electron chi connectivity index (χ3n) is 5.14. The summed E-state index contributed by atoms with van der Waals surface area (Å²) in [5.41, 5.74) is 4.33. The van der Waals surface area contributed by atoms with Gasteiger partial charge >= 0.3 is 0 Å². The third-order valence-corrected chi connectivity index (χ3v) is 5.44. The van der Waals surface area contributed by atoms with Crippen LogP contribution in [-0.2, 0) is 11.2 Å². The molecule has 0 bridgehead atoms. The molecule has 0 heterocycles. The number of halogens is 1. The Morgan fingerprint density at radius 2 is 1.69 bits per heavy atom. The molecule has 0 aliphatic rings. The number of carbonyl (C=O) groups is 2. The SMILES string of the molecule is C/C=C(/C(C)=NC)c1ccc(CC(NC(=O)c2ccc(OC(C)C)c(Cl)c2)C(=O)NC)cc1.CC. The number of aliphatic imine (C=N–C) groups is 1. The number of hydrogen-bond donors (Lipinski definition) is 2. The fraction of sp³-hybridized carbons (Fsp3) is 0.393. The minimum absolute atomic E-state index is 0.0340. The first-order chi connectivity index (χ1) is 16.7. The molecular weight excluding hydrogens is 462 g/mol. The highest BCUT2D eigenvalue weighted by Gasteiger charge is 2.22. The van der Waals surface area contributed by atoms with Crippen molar-refractivity contribution < 1.29 is 14.3 Å². The standard InChI is InChI=1S/C26H32ClN3O3.C2H6/c1-7-21(17(4)28-5)19-10-8-18(9-11-19)14-23(26(32)29-6)30-25(31)20-12-13-24(22(27)15-20)33-16(2)3;1-2/h7-13,15-16,23H,14H2,1-6H3,(H,29,32)(H,30,31);1-2H3/b21-7-,28-17?;. The van der Waals surface area contributed by atoms with Gasteiger partial charge in [0, 0.05) is 31.8 Å². The van der Waals surface area contributed by atoms with Gasteiger partial charge in [0.05, 0.1) is 11.1 Å². The minimum atomic E-state index is -0.737. The van der Waals surface area contributed by atoms with Crippen molar-refractivity contribution in [1.82, 2.24) is 10.6 Å². The summed E-state index contributed by atoms with van der Waals surface area (Å²) in [5, 5.41) is 5.78. The summed E-state index contributed by atoms with van der Waals surface area (Å²) in [5.74, 6) is -0.152. The van der Waals surface area contributed by atoms with Crippen molar-refractivity contribution in [3.63, 3.8) is 0 Å². The number of carbonyl (C=O) groups excluding carboxylic acids is 2. The van der Waals surface area contributed by atoms with Crippen molar-refractivity contribution in [2.75, 3.05) is 14.1 Å². The molecule has 0 spiro atoms. The van der Waals surface area contributed by atoms with Crippen LogP contribution < -0.4 is 15.4 Å². The summed E-state index contributed by atoms with van der Waals surface area (Å²) >= 11 is 6.26. The molecule has 0 saturated heterocycles. The molecule has 0 aliphatic carbocycles. The van der Waals surface area contributed by atoms with Gasteiger partial charge in [-0.2, -0.15) is 0 Å². The van der Waals surface area contributed by atoms with E-state index in [1.807, 2.05) is 71.9 Å². The van der Waals surface area contributed by atoms with Crippen LogP contribution in [0.3, 0.4) is 0 Å². The summed E-state index contributed by atoms with van der Waals surface area (Å²) in [6.07, 6.45) is 2.33. The highest BCUT2D eigenvalue weighted by Crippen LogP contribution is 2.26. The van der Waals surface area contributed by atoms with Gasteiger partial charge in [0.1, 0.15) is 11.8 Å². The van der Waals surface area contributed by atoms with Gasteiger partial charge in [0.2, 0.25) is 5.91 Å². The first-order valence-corrected chi connectivity index (χ1v) is 12.3. The summed E-state index contributed by atoms with van der Waals surface area (Å²) in [6, 6.07) is 12.0. The van der Waals surface area contributed by atoms with Gasteiger partial charge in [0.25, 0.3) is 5.91 Å². The number of rotatable bonds is 9. The van der Waals surface area contributed by atoms with Crippen LogP contribution >= 0.6 is 11.6 Å². The van der Waals surface area contributed by atoms with Crippen LogP contribution in [0.1, 0.15) is 63.0 Å². The molecule has 35 heavy (non-hydrogen) atoms. The Labute approximate surface area is 214 Å². The molecule has 0 aliphatic heterocycles. The maximum absolute atomic E-state index is 12.8. The molecule has 2 aromatic rings. The van der Waals surface area contributed by atoms with Crippen LogP contribution in [0.15, 0.2) is 53.5 Å². The van der Waals surface area contributed by atoms with Gasteiger partial charge < -0.3 is 15.4 Å². The van der Waals surface area contributed by atoms with Gasteiger partial charge in [-0.25, -0.2) is 0 Å². The zero-order valence-corrected chi connectivity index (χ0v) is 22.8. The van der Waals surface area contributed by atoms with E-state index in [-0.39, 0.29) is 17.9 Å². The van der Waals surface area contributed by atoms with E-state index in [1.54, 1.807) is 32.3 Å². The van der Waals surface area contributed by atoms with E-state index in [0.29, 0.717) is 22.8 Å². The van der Waals surface area contributed by atoms with E-state index in [0.717, 1.165) is 22.4 Å². The topological polar surface area (TPSA) is 79.8 Å². The Balaban J connectivity index is 0.00000298. The predicted octanol–water partition coefficient (Wildman–Crippen LogP) is 5.73. The molecular formula is C28H38ClN3O3. The smallest absolute Gasteiger partial charge is 0.251 e.